The Hall–Kier alpha value is -4.39. The third-order valence-corrected chi connectivity index (χ3v) is 5.77. The van der Waals surface area contributed by atoms with Crippen molar-refractivity contribution in [2.75, 3.05) is 25.8 Å². The van der Waals surface area contributed by atoms with E-state index in [4.69, 9.17) is 23.4 Å². The van der Waals surface area contributed by atoms with Crippen molar-refractivity contribution in [3.8, 4) is 34.1 Å². The van der Waals surface area contributed by atoms with Crippen LogP contribution in [0, 0.1) is 0 Å². The molecule has 1 amide bonds. The number of fused-ring (bicyclic) bond motifs is 2. The van der Waals surface area contributed by atoms with Gasteiger partial charge < -0.3 is 28.7 Å². The molecule has 35 heavy (non-hydrogen) atoms. The van der Waals surface area contributed by atoms with Gasteiger partial charge in [-0.2, -0.15) is 0 Å². The Labute approximate surface area is 202 Å². The van der Waals surface area contributed by atoms with Gasteiger partial charge >= 0.3 is 0 Å². The number of benzene rings is 3. The van der Waals surface area contributed by atoms with Crippen LogP contribution in [0.2, 0.25) is 0 Å². The van der Waals surface area contributed by atoms with E-state index in [1.807, 2.05) is 50.2 Å². The van der Waals surface area contributed by atoms with Crippen molar-refractivity contribution in [3.63, 3.8) is 0 Å². The summed E-state index contributed by atoms with van der Waals surface area (Å²) in [5.41, 5.74) is 4.80. The smallest absolute Gasteiger partial charge is 0.248 e. The second kappa shape index (κ2) is 9.46. The number of carbonyl (C=O) groups excluding carboxylic acids is 1. The number of amides is 1. The van der Waals surface area contributed by atoms with E-state index in [1.54, 1.807) is 37.6 Å². The first kappa shape index (κ1) is 22.4. The molecule has 0 saturated carbocycles. The van der Waals surface area contributed by atoms with E-state index in [-0.39, 0.29) is 12.7 Å². The third-order valence-electron chi connectivity index (χ3n) is 5.77. The van der Waals surface area contributed by atoms with Gasteiger partial charge in [-0.15, -0.1) is 0 Å². The number of hydrogen-bond acceptors (Lipinski definition) is 6. The van der Waals surface area contributed by atoms with E-state index in [0.717, 1.165) is 33.4 Å². The predicted octanol–water partition coefficient (Wildman–Crippen LogP) is 6.28. The first-order valence-electron chi connectivity index (χ1n) is 11.3. The number of furan rings is 1. The maximum absolute atomic E-state index is 12.8. The van der Waals surface area contributed by atoms with Gasteiger partial charge in [-0.1, -0.05) is 12.1 Å². The van der Waals surface area contributed by atoms with Crippen LogP contribution in [-0.4, -0.2) is 26.4 Å². The van der Waals surface area contributed by atoms with Crippen molar-refractivity contribution in [3.05, 3.63) is 72.5 Å². The van der Waals surface area contributed by atoms with Gasteiger partial charge in [0.25, 0.3) is 0 Å². The molecule has 0 aliphatic carbocycles. The number of nitrogens with one attached hydrogen (secondary N) is 1. The summed E-state index contributed by atoms with van der Waals surface area (Å²) in [5.74, 6) is 2.42. The second-order valence-electron chi connectivity index (χ2n) is 8.04. The summed E-state index contributed by atoms with van der Waals surface area (Å²) in [6.07, 6.45) is 3.28. The largest absolute Gasteiger partial charge is 0.497 e. The van der Waals surface area contributed by atoms with Gasteiger partial charge in [0, 0.05) is 40.4 Å². The fourth-order valence-electron chi connectivity index (χ4n) is 4.08. The minimum Gasteiger partial charge on any atom is -0.497 e. The zero-order chi connectivity index (χ0) is 24.4. The maximum atomic E-state index is 12.8. The predicted molar refractivity (Wildman–Crippen MR) is 134 cm³/mol. The summed E-state index contributed by atoms with van der Waals surface area (Å²) >= 11 is 0. The van der Waals surface area contributed by atoms with Gasteiger partial charge in [0.15, 0.2) is 11.5 Å². The fourth-order valence-corrected chi connectivity index (χ4v) is 4.08. The summed E-state index contributed by atoms with van der Waals surface area (Å²) in [4.78, 5) is 12.8. The Bertz CT molecular complexity index is 1430. The highest BCUT2D eigenvalue weighted by atomic mass is 16.7. The minimum absolute atomic E-state index is 0.181. The van der Waals surface area contributed by atoms with Crippen molar-refractivity contribution >= 4 is 28.1 Å². The number of ether oxygens (including phenoxy) is 4. The molecule has 0 bridgehead atoms. The van der Waals surface area contributed by atoms with Gasteiger partial charge in [-0.3, -0.25) is 4.79 Å². The van der Waals surface area contributed by atoms with Crippen molar-refractivity contribution < 1.29 is 28.2 Å². The van der Waals surface area contributed by atoms with Crippen molar-refractivity contribution in [1.29, 1.82) is 0 Å². The van der Waals surface area contributed by atoms with Crippen LogP contribution in [0.5, 0.6) is 23.0 Å². The zero-order valence-electron chi connectivity index (χ0n) is 19.7. The van der Waals surface area contributed by atoms with E-state index >= 15 is 0 Å². The first-order valence-corrected chi connectivity index (χ1v) is 11.3. The van der Waals surface area contributed by atoms with Crippen LogP contribution in [0.3, 0.4) is 0 Å². The van der Waals surface area contributed by atoms with Gasteiger partial charge in [0.2, 0.25) is 12.7 Å². The molecule has 1 aliphatic heterocycles. The van der Waals surface area contributed by atoms with E-state index in [0.29, 0.717) is 35.1 Å². The first-order chi connectivity index (χ1) is 17.1. The number of anilines is 1. The molecule has 0 radical (unpaired) electrons. The average Bonchev–Trinajstić information content (AvgIpc) is 3.50. The molecule has 2 heterocycles. The topological polar surface area (TPSA) is 79.2 Å². The average molecular weight is 472 g/mol. The molecule has 0 fully saturated rings. The van der Waals surface area contributed by atoms with Crippen LogP contribution in [0.15, 0.2) is 71.4 Å². The summed E-state index contributed by atoms with van der Waals surface area (Å²) < 4.78 is 27.8. The number of allylic oxidation sites excluding steroid dienone is 1. The molecular formula is C28H25NO6. The quantitative estimate of drug-likeness (QED) is 0.320. The van der Waals surface area contributed by atoms with E-state index in [1.165, 1.54) is 0 Å². The highest BCUT2D eigenvalue weighted by molar-refractivity contribution is 6.05. The lowest BCUT2D eigenvalue weighted by Gasteiger charge is -2.12. The summed E-state index contributed by atoms with van der Waals surface area (Å²) in [6.45, 7) is 4.47. The van der Waals surface area contributed by atoms with Crippen LogP contribution in [0.4, 0.5) is 5.69 Å². The lowest BCUT2D eigenvalue weighted by Crippen LogP contribution is -2.08. The standard InChI is InChI=1S/C28H25NO6/c1-4-32-25-14-26-22(23(15-33-26)18-6-5-7-20(11-18)31-3)13-21(25)17(2)10-28(30)29-19-8-9-24-27(12-19)35-16-34-24/h5-15H,4,16H2,1-3H3,(H,29,30)/b17-10+. The molecule has 1 aromatic heterocycles. The Balaban J connectivity index is 1.49. The van der Waals surface area contributed by atoms with Crippen molar-refractivity contribution in [1.82, 2.24) is 0 Å². The Kier molecular flexibility index (Phi) is 6.06. The molecular weight excluding hydrogens is 446 g/mol. The molecule has 1 N–H and O–H groups in total. The Morgan fingerprint density at radius 2 is 1.94 bits per heavy atom. The normalized spacial score (nSPS) is 12.6. The summed E-state index contributed by atoms with van der Waals surface area (Å²) in [6, 6.07) is 17.0. The van der Waals surface area contributed by atoms with Gasteiger partial charge in [-0.05, 0) is 55.3 Å². The number of hydrogen-bond donors (Lipinski definition) is 1. The van der Waals surface area contributed by atoms with Crippen LogP contribution < -0.4 is 24.3 Å². The molecule has 4 aromatic rings. The van der Waals surface area contributed by atoms with E-state index in [2.05, 4.69) is 5.32 Å². The third kappa shape index (κ3) is 4.53. The second-order valence-corrected chi connectivity index (χ2v) is 8.04. The highest BCUT2D eigenvalue weighted by Gasteiger charge is 2.17. The summed E-state index contributed by atoms with van der Waals surface area (Å²) in [5, 5.41) is 3.80. The fraction of sp³-hybridized carbons (Fsp3) is 0.179. The number of methoxy groups -OCH3 is 1. The SMILES string of the molecule is CCOc1cc2occ(-c3cccc(OC)c3)c2cc1/C(C)=C/C(=O)Nc1ccc2c(c1)OCO2. The Morgan fingerprint density at radius 1 is 1.09 bits per heavy atom. The lowest BCUT2D eigenvalue weighted by atomic mass is 9.99. The molecule has 5 rings (SSSR count). The number of rotatable bonds is 7. The monoisotopic (exact) mass is 471 g/mol. The number of carbonyl (C=O) groups is 1. The van der Waals surface area contributed by atoms with Crippen LogP contribution in [-0.2, 0) is 4.79 Å². The van der Waals surface area contributed by atoms with Crippen molar-refractivity contribution in [2.45, 2.75) is 13.8 Å². The molecule has 0 saturated heterocycles. The molecule has 0 atom stereocenters. The van der Waals surface area contributed by atoms with Gasteiger partial charge in [0.1, 0.15) is 17.1 Å². The lowest BCUT2D eigenvalue weighted by molar-refractivity contribution is -0.111. The molecule has 7 nitrogen and oxygen atoms in total. The molecule has 178 valence electrons. The van der Waals surface area contributed by atoms with Gasteiger partial charge in [-0.25, -0.2) is 0 Å². The minimum atomic E-state index is -0.260. The molecule has 3 aromatic carbocycles. The molecule has 0 unspecified atom stereocenters. The Morgan fingerprint density at radius 3 is 2.77 bits per heavy atom. The van der Waals surface area contributed by atoms with Crippen LogP contribution in [0.25, 0.3) is 27.7 Å². The van der Waals surface area contributed by atoms with E-state index < -0.39 is 0 Å². The molecule has 1 aliphatic rings. The molecule has 7 heteroatoms. The molecule has 0 spiro atoms. The van der Waals surface area contributed by atoms with Crippen LogP contribution >= 0.6 is 0 Å². The van der Waals surface area contributed by atoms with Gasteiger partial charge in [0.05, 0.1) is 20.0 Å². The van der Waals surface area contributed by atoms with E-state index in [9.17, 15) is 4.79 Å². The maximum Gasteiger partial charge on any atom is 0.248 e. The summed E-state index contributed by atoms with van der Waals surface area (Å²) in [7, 11) is 1.64. The van der Waals surface area contributed by atoms with Crippen LogP contribution in [0.1, 0.15) is 19.4 Å². The highest BCUT2D eigenvalue weighted by Crippen LogP contribution is 2.38. The van der Waals surface area contributed by atoms with Crippen molar-refractivity contribution in [2.24, 2.45) is 0 Å². The zero-order valence-corrected chi connectivity index (χ0v) is 19.7.